The van der Waals surface area contributed by atoms with Crippen molar-refractivity contribution in [2.45, 2.75) is 39.5 Å². The van der Waals surface area contributed by atoms with E-state index in [4.69, 9.17) is 4.74 Å². The molecule has 1 heterocycles. The molecule has 4 rings (SSSR count). The van der Waals surface area contributed by atoms with Crippen molar-refractivity contribution in [1.82, 2.24) is 0 Å². The van der Waals surface area contributed by atoms with Gasteiger partial charge in [-0.15, -0.1) is 0 Å². The van der Waals surface area contributed by atoms with Crippen LogP contribution in [-0.4, -0.2) is 31.5 Å². The van der Waals surface area contributed by atoms with E-state index in [2.05, 4.69) is 32.9 Å². The number of anilines is 2. The molecule has 0 aliphatic carbocycles. The van der Waals surface area contributed by atoms with Crippen molar-refractivity contribution in [2.75, 3.05) is 29.5 Å². The Hall–Kier alpha value is -3.60. The molecule has 1 atom stereocenters. The summed E-state index contributed by atoms with van der Waals surface area (Å²) in [5.74, 6) is 0.437. The molecule has 0 bridgehead atoms. The molecule has 2 amide bonds. The molecule has 1 aliphatic heterocycles. The highest BCUT2D eigenvalue weighted by molar-refractivity contribution is 6.11. The van der Waals surface area contributed by atoms with Crippen LogP contribution in [0.5, 0.6) is 5.75 Å². The van der Waals surface area contributed by atoms with Gasteiger partial charge in [0.25, 0.3) is 5.91 Å². The zero-order valence-electron chi connectivity index (χ0n) is 21.0. The molecule has 0 aromatic heterocycles. The van der Waals surface area contributed by atoms with Crippen molar-refractivity contribution in [3.05, 3.63) is 90.0 Å². The highest BCUT2D eigenvalue weighted by Crippen LogP contribution is 2.35. The molecular formula is C30H34N2O3. The Bertz CT molecular complexity index is 1170. The minimum atomic E-state index is -0.319. The lowest BCUT2D eigenvalue weighted by Gasteiger charge is -2.25. The van der Waals surface area contributed by atoms with Crippen molar-refractivity contribution in [3.8, 4) is 5.75 Å². The monoisotopic (exact) mass is 470 g/mol. The van der Waals surface area contributed by atoms with Crippen molar-refractivity contribution in [2.24, 2.45) is 5.92 Å². The van der Waals surface area contributed by atoms with E-state index in [0.29, 0.717) is 31.7 Å². The maximum Gasteiger partial charge on any atom is 0.258 e. The highest BCUT2D eigenvalue weighted by Gasteiger charge is 2.33. The summed E-state index contributed by atoms with van der Waals surface area (Å²) in [4.78, 5) is 30.3. The van der Waals surface area contributed by atoms with Crippen LogP contribution in [-0.2, 0) is 10.2 Å². The van der Waals surface area contributed by atoms with Gasteiger partial charge in [-0.05, 0) is 53.8 Å². The van der Waals surface area contributed by atoms with E-state index in [1.54, 1.807) is 4.90 Å². The lowest BCUT2D eigenvalue weighted by molar-refractivity contribution is -0.121. The van der Waals surface area contributed by atoms with Crippen molar-refractivity contribution in [1.29, 1.82) is 0 Å². The van der Waals surface area contributed by atoms with Gasteiger partial charge in [-0.3, -0.25) is 9.59 Å². The third kappa shape index (κ3) is 5.56. The third-order valence-electron chi connectivity index (χ3n) is 6.39. The Kier molecular flexibility index (Phi) is 7.25. The average molecular weight is 471 g/mol. The summed E-state index contributed by atoms with van der Waals surface area (Å²) in [6, 6.07) is 25.1. The summed E-state index contributed by atoms with van der Waals surface area (Å²) in [7, 11) is 0. The molecule has 0 spiro atoms. The zero-order chi connectivity index (χ0) is 25.0. The highest BCUT2D eigenvalue weighted by atomic mass is 16.5. The maximum atomic E-state index is 13.4. The van der Waals surface area contributed by atoms with Gasteiger partial charge in [0.05, 0.1) is 23.9 Å². The largest absolute Gasteiger partial charge is 0.494 e. The number of rotatable bonds is 6. The minimum absolute atomic E-state index is 0.0235. The predicted octanol–water partition coefficient (Wildman–Crippen LogP) is 6.08. The van der Waals surface area contributed by atoms with Gasteiger partial charge < -0.3 is 14.5 Å². The first-order chi connectivity index (χ1) is 16.8. The molecule has 0 N–H and O–H groups in total. The lowest BCUT2D eigenvalue weighted by atomic mass is 9.87. The molecular weight excluding hydrogens is 436 g/mol. The molecule has 3 aromatic carbocycles. The summed E-state index contributed by atoms with van der Waals surface area (Å²) in [5.41, 5.74) is 3.51. The number of benzene rings is 3. The smallest absolute Gasteiger partial charge is 0.258 e. The van der Waals surface area contributed by atoms with Crippen molar-refractivity contribution >= 4 is 23.2 Å². The van der Waals surface area contributed by atoms with E-state index in [1.165, 1.54) is 5.56 Å². The molecule has 3 aromatic rings. The summed E-state index contributed by atoms with van der Waals surface area (Å²) in [6.07, 6.45) is 0.681. The summed E-state index contributed by atoms with van der Waals surface area (Å²) in [6.45, 7) is 9.82. The number of hydrogen-bond acceptors (Lipinski definition) is 3. The molecule has 0 saturated carbocycles. The number of carbonyl (C=O) groups excluding carboxylic acids is 2. The molecule has 0 saturated heterocycles. The Balaban J connectivity index is 1.48. The third-order valence-corrected chi connectivity index (χ3v) is 6.39. The quantitative estimate of drug-likeness (QED) is 0.410. The normalized spacial score (nSPS) is 16.0. The van der Waals surface area contributed by atoms with Crippen LogP contribution in [0, 0.1) is 5.92 Å². The number of ether oxygens (including phenoxy) is 1. The number of hydrogen-bond donors (Lipinski definition) is 0. The molecule has 0 radical (unpaired) electrons. The molecule has 5 nitrogen and oxygen atoms in total. The van der Waals surface area contributed by atoms with Crippen LogP contribution in [0.1, 0.15) is 50.0 Å². The van der Waals surface area contributed by atoms with Gasteiger partial charge in [-0.1, -0.05) is 70.2 Å². The van der Waals surface area contributed by atoms with Gasteiger partial charge in [-0.2, -0.15) is 0 Å². The second kappa shape index (κ2) is 10.3. The van der Waals surface area contributed by atoms with E-state index in [9.17, 15) is 9.59 Å². The molecule has 35 heavy (non-hydrogen) atoms. The fourth-order valence-electron chi connectivity index (χ4n) is 4.38. The first-order valence-corrected chi connectivity index (χ1v) is 12.3. The fraction of sp³-hybridized carbons (Fsp3) is 0.333. The van der Waals surface area contributed by atoms with Crippen LogP contribution in [0.15, 0.2) is 78.9 Å². The van der Waals surface area contributed by atoms with Gasteiger partial charge in [0.15, 0.2) is 0 Å². The van der Waals surface area contributed by atoms with Crippen LogP contribution in [0.4, 0.5) is 11.4 Å². The topological polar surface area (TPSA) is 49.9 Å². The Labute approximate surface area is 208 Å². The SMILES string of the molecule is CC1CN(C(=O)c2ccccc2)c2ccccc2N(CCCOc2ccc(C(C)(C)C)cc2)C1=O. The van der Waals surface area contributed by atoms with Crippen LogP contribution >= 0.6 is 0 Å². The van der Waals surface area contributed by atoms with Gasteiger partial charge >= 0.3 is 0 Å². The van der Waals surface area contributed by atoms with E-state index < -0.39 is 0 Å². The first kappa shape index (κ1) is 24.5. The van der Waals surface area contributed by atoms with Crippen LogP contribution in [0.2, 0.25) is 0 Å². The Morgan fingerprint density at radius 3 is 2.20 bits per heavy atom. The van der Waals surface area contributed by atoms with Gasteiger partial charge in [0.1, 0.15) is 5.75 Å². The number of para-hydroxylation sites is 2. The molecule has 0 fully saturated rings. The number of amides is 2. The van der Waals surface area contributed by atoms with Crippen molar-refractivity contribution < 1.29 is 14.3 Å². The van der Waals surface area contributed by atoms with Gasteiger partial charge in [0, 0.05) is 18.7 Å². The zero-order valence-corrected chi connectivity index (χ0v) is 21.0. The average Bonchev–Trinajstić information content (AvgIpc) is 2.96. The number of carbonyl (C=O) groups is 2. The standard InChI is InChI=1S/C30H34N2O3/c1-22-21-32(29(34)23-11-6-5-7-12-23)27-14-9-8-13-26(27)31(28(22)33)19-10-20-35-25-17-15-24(16-18-25)30(2,3)4/h5-9,11-18,22H,10,19-21H2,1-4H3. The Morgan fingerprint density at radius 2 is 1.54 bits per heavy atom. The number of fused-ring (bicyclic) bond motifs is 1. The second-order valence-corrected chi connectivity index (χ2v) is 10.1. The molecule has 1 unspecified atom stereocenters. The van der Waals surface area contributed by atoms with Gasteiger partial charge in [-0.25, -0.2) is 0 Å². The Morgan fingerprint density at radius 1 is 0.914 bits per heavy atom. The van der Waals surface area contributed by atoms with Crippen LogP contribution in [0.3, 0.4) is 0 Å². The second-order valence-electron chi connectivity index (χ2n) is 10.1. The molecule has 1 aliphatic rings. The summed E-state index contributed by atoms with van der Waals surface area (Å²) >= 11 is 0. The molecule has 182 valence electrons. The number of nitrogens with zero attached hydrogens (tertiary/aromatic N) is 2. The fourth-order valence-corrected chi connectivity index (χ4v) is 4.38. The van der Waals surface area contributed by atoms with E-state index >= 15 is 0 Å². The van der Waals surface area contributed by atoms with E-state index in [-0.39, 0.29) is 23.1 Å². The summed E-state index contributed by atoms with van der Waals surface area (Å²) in [5, 5.41) is 0. The van der Waals surface area contributed by atoms with E-state index in [0.717, 1.165) is 17.1 Å². The predicted molar refractivity (Wildman–Crippen MR) is 141 cm³/mol. The first-order valence-electron chi connectivity index (χ1n) is 12.3. The summed E-state index contributed by atoms with van der Waals surface area (Å²) < 4.78 is 5.96. The van der Waals surface area contributed by atoms with Gasteiger partial charge in [0.2, 0.25) is 5.91 Å². The molecule has 5 heteroatoms. The van der Waals surface area contributed by atoms with Crippen LogP contribution < -0.4 is 14.5 Å². The maximum absolute atomic E-state index is 13.4. The lowest BCUT2D eigenvalue weighted by Crippen LogP contribution is -2.39. The van der Waals surface area contributed by atoms with Crippen LogP contribution in [0.25, 0.3) is 0 Å². The van der Waals surface area contributed by atoms with E-state index in [1.807, 2.05) is 78.6 Å². The minimum Gasteiger partial charge on any atom is -0.494 e. The van der Waals surface area contributed by atoms with Crippen molar-refractivity contribution in [3.63, 3.8) is 0 Å².